The van der Waals surface area contributed by atoms with E-state index in [-0.39, 0.29) is 0 Å². The average Bonchev–Trinajstić information content (AvgIpc) is 3.59. The molecule has 3 aromatic rings. The Bertz CT molecular complexity index is 1310. The molecule has 2 aliphatic rings. The summed E-state index contributed by atoms with van der Waals surface area (Å²) in [4.78, 5) is 33.1. The number of benzene rings is 1. The number of rotatable bonds is 4. The van der Waals surface area contributed by atoms with Crippen molar-refractivity contribution in [2.75, 3.05) is 44.2 Å². The number of fused-ring (bicyclic) bond motifs is 1. The predicted octanol–water partition coefficient (Wildman–Crippen LogP) is 5.23. The highest BCUT2D eigenvalue weighted by molar-refractivity contribution is 7.17. The minimum Gasteiger partial charge on any atom is -0.475 e. The summed E-state index contributed by atoms with van der Waals surface area (Å²) in [5.74, 6) is -4.43. The first kappa shape index (κ1) is 33.0. The molecule has 4 heterocycles. The molecule has 0 spiro atoms. The summed E-state index contributed by atoms with van der Waals surface area (Å²) in [7, 11) is 0. The molecule has 2 aliphatic heterocycles. The Labute approximate surface area is 240 Å². The summed E-state index contributed by atoms with van der Waals surface area (Å²) in [5.41, 5.74) is 3.77. The number of aryl methyl sites for hydroxylation is 1. The van der Waals surface area contributed by atoms with Gasteiger partial charge < -0.3 is 19.8 Å². The molecule has 0 aliphatic carbocycles. The lowest BCUT2D eigenvalue weighted by Gasteiger charge is -2.36. The number of aliphatic carboxylic acids is 2. The summed E-state index contributed by atoms with van der Waals surface area (Å²) < 4.78 is 69.3. The van der Waals surface area contributed by atoms with E-state index in [0.717, 1.165) is 50.0 Å². The van der Waals surface area contributed by atoms with Crippen LogP contribution < -0.4 is 4.90 Å². The van der Waals surface area contributed by atoms with Crippen molar-refractivity contribution in [1.29, 1.82) is 0 Å². The molecule has 16 heteroatoms. The average molecular weight is 623 g/mol. The van der Waals surface area contributed by atoms with Crippen LogP contribution in [0.5, 0.6) is 0 Å². The number of alkyl halides is 6. The molecule has 1 atom stereocenters. The van der Waals surface area contributed by atoms with E-state index >= 15 is 0 Å². The van der Waals surface area contributed by atoms with Crippen LogP contribution in [0.25, 0.3) is 21.3 Å². The normalized spacial score (nSPS) is 17.7. The fourth-order valence-corrected chi connectivity index (χ4v) is 5.17. The van der Waals surface area contributed by atoms with Gasteiger partial charge in [0.1, 0.15) is 17.0 Å². The molecular weight excluding hydrogens is 594 g/mol. The quantitative estimate of drug-likeness (QED) is 0.377. The third-order valence-corrected chi connectivity index (χ3v) is 7.24. The Morgan fingerprint density at radius 2 is 1.55 bits per heavy atom. The van der Waals surface area contributed by atoms with Crippen molar-refractivity contribution in [1.82, 2.24) is 14.9 Å². The van der Waals surface area contributed by atoms with Crippen molar-refractivity contribution in [2.45, 2.75) is 38.2 Å². The van der Waals surface area contributed by atoms with Gasteiger partial charge in [0.25, 0.3) is 0 Å². The fourth-order valence-electron chi connectivity index (χ4n) is 4.26. The van der Waals surface area contributed by atoms with Crippen molar-refractivity contribution >= 4 is 39.3 Å². The molecule has 5 rings (SSSR count). The number of halogens is 6. The summed E-state index contributed by atoms with van der Waals surface area (Å²) in [5, 5.41) is 17.7. The van der Waals surface area contributed by atoms with Gasteiger partial charge in [-0.3, -0.25) is 4.90 Å². The SMILES string of the molecule is Cc1ccc(-c2csc3ncnc(N4CCN(CC5CCCO5)CC4)c23)cc1.O=C(O)C(F)(F)F.O=C(O)C(F)(F)F. The molecule has 9 nitrogen and oxygen atoms in total. The number of piperazine rings is 1. The first-order valence-corrected chi connectivity index (χ1v) is 13.5. The van der Waals surface area contributed by atoms with Crippen LogP contribution in [0.1, 0.15) is 18.4 Å². The minimum atomic E-state index is -5.08. The number of hydrogen-bond acceptors (Lipinski definition) is 8. The van der Waals surface area contributed by atoms with E-state index in [0.29, 0.717) is 6.10 Å². The number of carboxylic acid groups (broad SMARTS) is 2. The molecule has 1 aromatic carbocycles. The highest BCUT2D eigenvalue weighted by Crippen LogP contribution is 2.38. The number of ether oxygens (including phenoxy) is 1. The third-order valence-electron chi connectivity index (χ3n) is 6.36. The van der Waals surface area contributed by atoms with Crippen LogP contribution >= 0.6 is 11.3 Å². The second-order valence-corrected chi connectivity index (χ2v) is 10.3. The van der Waals surface area contributed by atoms with Gasteiger partial charge in [-0.1, -0.05) is 29.8 Å². The highest BCUT2D eigenvalue weighted by Gasteiger charge is 2.39. The maximum atomic E-state index is 10.6. The minimum absolute atomic E-state index is 0.433. The smallest absolute Gasteiger partial charge is 0.475 e. The van der Waals surface area contributed by atoms with Gasteiger partial charge in [-0.05, 0) is 25.3 Å². The van der Waals surface area contributed by atoms with Crippen molar-refractivity contribution in [3.8, 4) is 11.1 Å². The van der Waals surface area contributed by atoms with Crippen molar-refractivity contribution < 1.29 is 50.9 Å². The van der Waals surface area contributed by atoms with Crippen LogP contribution in [0.15, 0.2) is 36.0 Å². The lowest BCUT2D eigenvalue weighted by molar-refractivity contribution is -0.193. The standard InChI is InChI=1S/C22H26N4OS.2C2HF3O2/c1-16-4-6-17(7-5-16)19-14-28-22-20(19)21(23-15-24-22)26-10-8-25(9-11-26)13-18-3-2-12-27-18;2*3-2(4,5)1(6)7/h4-7,14-15,18H,2-3,8-13H2,1H3;2*(H,6,7). The number of anilines is 1. The number of carboxylic acids is 2. The van der Waals surface area contributed by atoms with Crippen LogP contribution in [-0.4, -0.2) is 94.8 Å². The Hall–Kier alpha value is -3.50. The third kappa shape index (κ3) is 9.25. The Balaban J connectivity index is 0.000000289. The highest BCUT2D eigenvalue weighted by atomic mass is 32.1. The van der Waals surface area contributed by atoms with Crippen LogP contribution in [-0.2, 0) is 14.3 Å². The van der Waals surface area contributed by atoms with Crippen molar-refractivity contribution in [3.63, 3.8) is 0 Å². The number of aromatic nitrogens is 2. The van der Waals surface area contributed by atoms with Gasteiger partial charge in [0.2, 0.25) is 0 Å². The van der Waals surface area contributed by atoms with Crippen LogP contribution in [0.4, 0.5) is 32.2 Å². The van der Waals surface area contributed by atoms with Gasteiger partial charge >= 0.3 is 24.3 Å². The van der Waals surface area contributed by atoms with Crippen LogP contribution in [0.2, 0.25) is 0 Å². The molecule has 2 saturated heterocycles. The zero-order valence-electron chi connectivity index (χ0n) is 22.3. The van der Waals surface area contributed by atoms with Gasteiger partial charge in [-0.15, -0.1) is 11.3 Å². The van der Waals surface area contributed by atoms with Gasteiger partial charge in [0, 0.05) is 50.3 Å². The Morgan fingerprint density at radius 3 is 2.05 bits per heavy atom. The second kappa shape index (κ2) is 14.1. The zero-order valence-corrected chi connectivity index (χ0v) is 23.1. The lowest BCUT2D eigenvalue weighted by atomic mass is 10.0. The molecule has 42 heavy (non-hydrogen) atoms. The number of thiophene rings is 1. The van der Waals surface area contributed by atoms with E-state index in [1.54, 1.807) is 17.7 Å². The molecule has 1 unspecified atom stereocenters. The summed E-state index contributed by atoms with van der Waals surface area (Å²) in [6.45, 7) is 8.26. The van der Waals surface area contributed by atoms with E-state index in [4.69, 9.17) is 29.5 Å². The molecule has 2 fully saturated rings. The van der Waals surface area contributed by atoms with Gasteiger partial charge in [-0.2, -0.15) is 26.3 Å². The van der Waals surface area contributed by atoms with E-state index in [2.05, 4.69) is 51.4 Å². The predicted molar refractivity (Wildman–Crippen MR) is 143 cm³/mol. The monoisotopic (exact) mass is 622 g/mol. The molecule has 2 N–H and O–H groups in total. The Morgan fingerprint density at radius 1 is 0.976 bits per heavy atom. The number of nitrogens with zero attached hydrogens (tertiary/aromatic N) is 4. The topological polar surface area (TPSA) is 116 Å². The van der Waals surface area contributed by atoms with Crippen molar-refractivity contribution in [3.05, 3.63) is 41.5 Å². The molecular formula is C26H28F6N4O5S. The summed E-state index contributed by atoms with van der Waals surface area (Å²) in [6.07, 6.45) is -5.60. The fraction of sp³-hybridized carbons (Fsp3) is 0.462. The van der Waals surface area contributed by atoms with Crippen LogP contribution in [0.3, 0.4) is 0 Å². The first-order valence-electron chi connectivity index (χ1n) is 12.6. The summed E-state index contributed by atoms with van der Waals surface area (Å²) in [6, 6.07) is 8.75. The second-order valence-electron chi connectivity index (χ2n) is 9.42. The molecule has 0 amide bonds. The summed E-state index contributed by atoms with van der Waals surface area (Å²) >= 11 is 1.71. The van der Waals surface area contributed by atoms with E-state index < -0.39 is 24.3 Å². The molecule has 0 bridgehead atoms. The lowest BCUT2D eigenvalue weighted by Crippen LogP contribution is -2.48. The van der Waals surface area contributed by atoms with E-state index in [1.807, 2.05) is 0 Å². The molecule has 230 valence electrons. The zero-order chi connectivity index (χ0) is 31.1. The molecule has 0 radical (unpaired) electrons. The maximum absolute atomic E-state index is 10.6. The van der Waals surface area contributed by atoms with Crippen LogP contribution in [0, 0.1) is 6.92 Å². The van der Waals surface area contributed by atoms with Gasteiger partial charge in [-0.25, -0.2) is 19.6 Å². The Kier molecular flexibility index (Phi) is 11.1. The maximum Gasteiger partial charge on any atom is 0.490 e. The largest absolute Gasteiger partial charge is 0.490 e. The number of hydrogen-bond donors (Lipinski definition) is 2. The first-order chi connectivity index (χ1) is 19.7. The van der Waals surface area contributed by atoms with Crippen molar-refractivity contribution in [2.24, 2.45) is 0 Å². The number of carbonyl (C=O) groups is 2. The van der Waals surface area contributed by atoms with Gasteiger partial charge in [0.05, 0.1) is 11.5 Å². The molecule has 0 saturated carbocycles. The van der Waals surface area contributed by atoms with E-state index in [1.165, 1.54) is 34.9 Å². The van der Waals surface area contributed by atoms with Gasteiger partial charge in [0.15, 0.2) is 0 Å². The van der Waals surface area contributed by atoms with E-state index in [9.17, 15) is 26.3 Å². The molecule has 2 aromatic heterocycles.